The van der Waals surface area contributed by atoms with Gasteiger partial charge in [-0.05, 0) is 32.8 Å². The summed E-state index contributed by atoms with van der Waals surface area (Å²) in [6.07, 6.45) is 3.81. The van der Waals surface area contributed by atoms with Gasteiger partial charge in [-0.2, -0.15) is 5.26 Å². The molecule has 0 unspecified atom stereocenters. The van der Waals surface area contributed by atoms with E-state index in [4.69, 9.17) is 10.00 Å². The van der Waals surface area contributed by atoms with Crippen LogP contribution in [-0.2, 0) is 9.53 Å². The summed E-state index contributed by atoms with van der Waals surface area (Å²) in [6.45, 7) is 7.50. The summed E-state index contributed by atoms with van der Waals surface area (Å²) >= 11 is 0. The highest BCUT2D eigenvalue weighted by atomic mass is 16.5. The standard InChI is InChI=1S/C12H19NO2/c1-5-7-8-10(3)12(4,9-13)11(14)15-6-2/h8H,5-7H2,1-4H3/b10-8+/t12-/m1/s1. The lowest BCUT2D eigenvalue weighted by Gasteiger charge is -2.20. The molecule has 0 aromatic carbocycles. The summed E-state index contributed by atoms with van der Waals surface area (Å²) in [6, 6.07) is 2.03. The number of rotatable bonds is 5. The summed E-state index contributed by atoms with van der Waals surface area (Å²) in [5.41, 5.74) is -0.365. The summed E-state index contributed by atoms with van der Waals surface area (Å²) in [4.78, 5) is 11.6. The second-order valence-electron chi connectivity index (χ2n) is 3.63. The highest BCUT2D eigenvalue weighted by Gasteiger charge is 2.36. The minimum Gasteiger partial charge on any atom is -0.465 e. The van der Waals surface area contributed by atoms with Crippen LogP contribution in [0.1, 0.15) is 40.5 Å². The van der Waals surface area contributed by atoms with E-state index in [1.165, 1.54) is 0 Å². The third kappa shape index (κ3) is 3.39. The Morgan fingerprint density at radius 3 is 2.53 bits per heavy atom. The molecule has 0 amide bonds. The first-order valence-corrected chi connectivity index (χ1v) is 5.28. The van der Waals surface area contributed by atoms with E-state index in [-0.39, 0.29) is 0 Å². The molecule has 0 rings (SSSR count). The van der Waals surface area contributed by atoms with E-state index in [9.17, 15) is 4.79 Å². The quantitative estimate of drug-likeness (QED) is 0.516. The number of unbranched alkanes of at least 4 members (excludes halogenated alkanes) is 1. The number of esters is 1. The maximum Gasteiger partial charge on any atom is 0.330 e. The number of ether oxygens (including phenoxy) is 1. The third-order valence-corrected chi connectivity index (χ3v) is 2.44. The first-order chi connectivity index (χ1) is 7.02. The zero-order valence-electron chi connectivity index (χ0n) is 9.96. The van der Waals surface area contributed by atoms with E-state index in [2.05, 4.69) is 6.92 Å². The lowest BCUT2D eigenvalue weighted by atomic mass is 9.84. The van der Waals surface area contributed by atoms with Crippen molar-refractivity contribution in [3.05, 3.63) is 11.6 Å². The van der Waals surface area contributed by atoms with Crippen molar-refractivity contribution in [1.82, 2.24) is 0 Å². The van der Waals surface area contributed by atoms with Crippen molar-refractivity contribution in [2.75, 3.05) is 6.61 Å². The molecule has 0 spiro atoms. The molecule has 0 radical (unpaired) electrons. The molecule has 0 saturated carbocycles. The summed E-state index contributed by atoms with van der Waals surface area (Å²) in [5, 5.41) is 9.06. The highest BCUT2D eigenvalue weighted by Crippen LogP contribution is 2.28. The van der Waals surface area contributed by atoms with Crippen LogP contribution in [0, 0.1) is 16.7 Å². The Balaban J connectivity index is 4.85. The fraction of sp³-hybridized carbons (Fsp3) is 0.667. The van der Waals surface area contributed by atoms with Gasteiger partial charge in [-0.3, -0.25) is 0 Å². The smallest absolute Gasteiger partial charge is 0.330 e. The van der Waals surface area contributed by atoms with Gasteiger partial charge < -0.3 is 4.74 Å². The second-order valence-corrected chi connectivity index (χ2v) is 3.63. The van der Waals surface area contributed by atoms with Gasteiger partial charge in [-0.15, -0.1) is 0 Å². The van der Waals surface area contributed by atoms with Gasteiger partial charge in [0, 0.05) is 0 Å². The number of nitriles is 1. The van der Waals surface area contributed by atoms with Crippen LogP contribution in [-0.4, -0.2) is 12.6 Å². The van der Waals surface area contributed by atoms with E-state index in [1.807, 2.05) is 12.1 Å². The summed E-state index contributed by atoms with van der Waals surface area (Å²) < 4.78 is 4.90. The van der Waals surface area contributed by atoms with Crippen LogP contribution in [0.4, 0.5) is 0 Å². The predicted octanol–water partition coefficient (Wildman–Crippen LogP) is 2.83. The molecule has 1 atom stereocenters. The van der Waals surface area contributed by atoms with Crippen LogP contribution >= 0.6 is 0 Å². The van der Waals surface area contributed by atoms with Gasteiger partial charge in [-0.25, -0.2) is 4.79 Å². The maximum atomic E-state index is 11.6. The number of nitrogens with zero attached hydrogens (tertiary/aromatic N) is 1. The van der Waals surface area contributed by atoms with Gasteiger partial charge in [0.1, 0.15) is 0 Å². The molecule has 0 aromatic heterocycles. The molecular weight excluding hydrogens is 190 g/mol. The topological polar surface area (TPSA) is 50.1 Å². The van der Waals surface area contributed by atoms with Crippen LogP contribution in [0.3, 0.4) is 0 Å². The average molecular weight is 209 g/mol. The normalized spacial score (nSPS) is 15.3. The molecule has 0 aliphatic rings. The molecule has 0 heterocycles. The van der Waals surface area contributed by atoms with Crippen molar-refractivity contribution in [3.8, 4) is 6.07 Å². The Morgan fingerprint density at radius 2 is 2.13 bits per heavy atom. The van der Waals surface area contributed by atoms with Crippen molar-refractivity contribution in [3.63, 3.8) is 0 Å². The monoisotopic (exact) mass is 209 g/mol. The Labute approximate surface area is 91.7 Å². The van der Waals surface area contributed by atoms with Crippen LogP contribution < -0.4 is 0 Å². The van der Waals surface area contributed by atoms with Crippen LogP contribution in [0.15, 0.2) is 11.6 Å². The molecule has 0 aliphatic heterocycles. The van der Waals surface area contributed by atoms with Gasteiger partial charge >= 0.3 is 5.97 Å². The number of carbonyl (C=O) groups excluding carboxylic acids is 1. The average Bonchev–Trinajstić information content (AvgIpc) is 2.24. The van der Waals surface area contributed by atoms with Crippen molar-refractivity contribution >= 4 is 5.97 Å². The Hall–Kier alpha value is -1.30. The van der Waals surface area contributed by atoms with E-state index >= 15 is 0 Å². The van der Waals surface area contributed by atoms with Gasteiger partial charge in [0.05, 0.1) is 12.7 Å². The van der Waals surface area contributed by atoms with Gasteiger partial charge in [-0.1, -0.05) is 19.4 Å². The Morgan fingerprint density at radius 1 is 1.53 bits per heavy atom. The van der Waals surface area contributed by atoms with Crippen LogP contribution in [0.25, 0.3) is 0 Å². The van der Waals surface area contributed by atoms with Crippen LogP contribution in [0.2, 0.25) is 0 Å². The molecule has 0 aromatic rings. The highest BCUT2D eigenvalue weighted by molar-refractivity contribution is 5.83. The molecule has 3 nitrogen and oxygen atoms in total. The molecule has 3 heteroatoms. The van der Waals surface area contributed by atoms with E-state index in [1.54, 1.807) is 20.8 Å². The fourth-order valence-corrected chi connectivity index (χ4v) is 1.14. The zero-order chi connectivity index (χ0) is 11.9. The molecule has 0 fully saturated rings. The predicted molar refractivity (Wildman–Crippen MR) is 59.0 cm³/mol. The minimum atomic E-state index is -1.13. The third-order valence-electron chi connectivity index (χ3n) is 2.44. The lowest BCUT2D eigenvalue weighted by Crippen LogP contribution is -2.29. The zero-order valence-corrected chi connectivity index (χ0v) is 9.96. The number of carbonyl (C=O) groups is 1. The van der Waals surface area contributed by atoms with Crippen molar-refractivity contribution in [1.29, 1.82) is 5.26 Å². The molecule has 0 aliphatic carbocycles. The summed E-state index contributed by atoms with van der Waals surface area (Å²) in [7, 11) is 0. The Kier molecular flexibility index (Phi) is 5.69. The van der Waals surface area contributed by atoms with E-state index < -0.39 is 11.4 Å². The number of hydrogen-bond donors (Lipinski definition) is 0. The van der Waals surface area contributed by atoms with E-state index in [0.717, 1.165) is 18.4 Å². The van der Waals surface area contributed by atoms with E-state index in [0.29, 0.717) is 6.61 Å². The Bertz CT molecular complexity index is 288. The SMILES string of the molecule is CCC/C=C(\C)[C@@](C)(C#N)C(=O)OCC. The molecule has 84 valence electrons. The molecule has 0 bridgehead atoms. The largest absolute Gasteiger partial charge is 0.465 e. The number of allylic oxidation sites excluding steroid dienone is 1. The number of hydrogen-bond acceptors (Lipinski definition) is 3. The first kappa shape index (κ1) is 13.7. The van der Waals surface area contributed by atoms with Gasteiger partial charge in [0.2, 0.25) is 0 Å². The summed E-state index contributed by atoms with van der Waals surface area (Å²) in [5.74, 6) is -0.461. The van der Waals surface area contributed by atoms with Crippen LogP contribution in [0.5, 0.6) is 0 Å². The molecule has 15 heavy (non-hydrogen) atoms. The maximum absolute atomic E-state index is 11.6. The van der Waals surface area contributed by atoms with Crippen molar-refractivity contribution in [2.45, 2.75) is 40.5 Å². The lowest BCUT2D eigenvalue weighted by molar-refractivity contribution is -0.149. The minimum absolute atomic E-state index is 0.303. The fourth-order valence-electron chi connectivity index (χ4n) is 1.14. The van der Waals surface area contributed by atoms with Gasteiger partial charge in [0.25, 0.3) is 0 Å². The molecular formula is C12H19NO2. The van der Waals surface area contributed by atoms with Crippen molar-refractivity contribution < 1.29 is 9.53 Å². The second kappa shape index (κ2) is 6.23. The molecule has 0 saturated heterocycles. The molecule has 0 N–H and O–H groups in total. The van der Waals surface area contributed by atoms with Gasteiger partial charge in [0.15, 0.2) is 5.41 Å². The first-order valence-electron chi connectivity index (χ1n) is 5.28. The van der Waals surface area contributed by atoms with Crippen molar-refractivity contribution in [2.24, 2.45) is 5.41 Å².